The molecular weight excluding hydrogens is 446 g/mol. The third-order valence-corrected chi connectivity index (χ3v) is 6.70. The number of carbonyl (C=O) groups is 1. The second kappa shape index (κ2) is 10.5. The van der Waals surface area contributed by atoms with Crippen molar-refractivity contribution in [3.8, 4) is 5.75 Å². The second-order valence-electron chi connectivity index (χ2n) is 7.31. The maximum absolute atomic E-state index is 12.3. The van der Waals surface area contributed by atoms with Crippen molar-refractivity contribution >= 4 is 39.0 Å². The highest BCUT2D eigenvalue weighted by Gasteiger charge is 2.15. The van der Waals surface area contributed by atoms with E-state index in [-0.39, 0.29) is 16.8 Å². The first kappa shape index (κ1) is 23.6. The second-order valence-corrected chi connectivity index (χ2v) is 10.1. The maximum Gasteiger partial charge on any atom is 0.248 e. The number of benzene rings is 2. The molecule has 0 spiro atoms. The van der Waals surface area contributed by atoms with Crippen molar-refractivity contribution < 1.29 is 17.9 Å². The number of aromatic nitrogens is 1. The predicted octanol–water partition coefficient (Wildman–Crippen LogP) is 4.37. The Balaban J connectivity index is 1.62. The van der Waals surface area contributed by atoms with Gasteiger partial charge in [0.25, 0.3) is 0 Å². The highest BCUT2D eigenvalue weighted by atomic mass is 32.2. The molecule has 0 atom stereocenters. The van der Waals surface area contributed by atoms with E-state index in [0.717, 1.165) is 16.3 Å². The number of hydrogen-bond acceptors (Lipinski definition) is 6. The topological polar surface area (TPSA) is 97.4 Å². The molecule has 3 aromatic rings. The van der Waals surface area contributed by atoms with Gasteiger partial charge in [0.15, 0.2) is 0 Å². The molecule has 1 heterocycles. The van der Waals surface area contributed by atoms with Crippen LogP contribution in [0.3, 0.4) is 0 Å². The van der Waals surface area contributed by atoms with E-state index in [9.17, 15) is 13.2 Å². The van der Waals surface area contributed by atoms with Crippen molar-refractivity contribution in [1.29, 1.82) is 0 Å². The van der Waals surface area contributed by atoms with Gasteiger partial charge in [-0.2, -0.15) is 0 Å². The minimum Gasteiger partial charge on any atom is -0.487 e. The van der Waals surface area contributed by atoms with Gasteiger partial charge in [-0.15, -0.1) is 11.3 Å². The van der Waals surface area contributed by atoms with Gasteiger partial charge in [0.05, 0.1) is 15.6 Å². The molecule has 2 aromatic carbocycles. The van der Waals surface area contributed by atoms with Gasteiger partial charge < -0.3 is 10.1 Å². The van der Waals surface area contributed by atoms with Gasteiger partial charge in [0.2, 0.25) is 15.9 Å². The Morgan fingerprint density at radius 1 is 1.16 bits per heavy atom. The first-order valence-electron chi connectivity index (χ1n) is 9.97. The smallest absolute Gasteiger partial charge is 0.248 e. The van der Waals surface area contributed by atoms with Crippen LogP contribution in [0, 0.1) is 6.92 Å². The van der Waals surface area contributed by atoms with Crippen LogP contribution in [0.2, 0.25) is 0 Å². The normalized spacial score (nSPS) is 11.8. The third kappa shape index (κ3) is 6.74. The Bertz CT molecular complexity index is 1200. The van der Waals surface area contributed by atoms with Crippen molar-refractivity contribution in [1.82, 2.24) is 9.71 Å². The standard InChI is InChI=1S/C23H25N3O4S2/c1-16(2)26-32(28,29)21-11-9-19(10-12-21)25-23(27)13-8-18-6-4-5-7-22(18)30-14-20-15-31-17(3)24-20/h4-13,15-16,26H,14H2,1-3H3,(H,25,27)/b13-8+. The summed E-state index contributed by atoms with van der Waals surface area (Å²) in [5.41, 5.74) is 2.11. The minimum absolute atomic E-state index is 0.140. The van der Waals surface area contributed by atoms with Crippen molar-refractivity contribution in [2.24, 2.45) is 0 Å². The zero-order chi connectivity index (χ0) is 23.1. The number of rotatable bonds is 9. The van der Waals surface area contributed by atoms with Crippen molar-refractivity contribution in [2.75, 3.05) is 5.32 Å². The zero-order valence-electron chi connectivity index (χ0n) is 18.0. The SMILES string of the molecule is Cc1nc(COc2ccccc2/C=C/C(=O)Nc2ccc(S(=O)(=O)NC(C)C)cc2)cs1. The van der Waals surface area contributed by atoms with Crippen LogP contribution in [0.4, 0.5) is 5.69 Å². The third-order valence-electron chi connectivity index (χ3n) is 4.20. The molecule has 2 N–H and O–H groups in total. The molecular formula is C23H25N3O4S2. The Hall–Kier alpha value is -3.01. The monoisotopic (exact) mass is 471 g/mol. The summed E-state index contributed by atoms with van der Waals surface area (Å²) >= 11 is 1.57. The van der Waals surface area contributed by atoms with Gasteiger partial charge in [-0.25, -0.2) is 18.1 Å². The number of nitrogens with one attached hydrogen (secondary N) is 2. The van der Waals surface area contributed by atoms with E-state index < -0.39 is 10.0 Å². The molecule has 1 aromatic heterocycles. The van der Waals surface area contributed by atoms with Crippen LogP contribution in [0.1, 0.15) is 30.1 Å². The molecule has 0 fully saturated rings. The van der Waals surface area contributed by atoms with E-state index in [0.29, 0.717) is 18.0 Å². The number of amides is 1. The average Bonchev–Trinajstić information content (AvgIpc) is 3.16. The molecule has 168 valence electrons. The van der Waals surface area contributed by atoms with Crippen LogP contribution in [0.5, 0.6) is 5.75 Å². The summed E-state index contributed by atoms with van der Waals surface area (Å²) in [5.74, 6) is 0.306. The number of anilines is 1. The quantitative estimate of drug-likeness (QED) is 0.452. The molecule has 0 aliphatic carbocycles. The molecule has 3 rings (SSSR count). The predicted molar refractivity (Wildman–Crippen MR) is 127 cm³/mol. The van der Waals surface area contributed by atoms with Gasteiger partial charge in [0, 0.05) is 28.7 Å². The summed E-state index contributed by atoms with van der Waals surface area (Å²) in [7, 11) is -3.57. The first-order valence-corrected chi connectivity index (χ1v) is 12.3. The van der Waals surface area contributed by atoms with Crippen molar-refractivity contribution in [3.05, 3.63) is 76.3 Å². The van der Waals surface area contributed by atoms with Gasteiger partial charge in [-0.1, -0.05) is 18.2 Å². The molecule has 1 amide bonds. The van der Waals surface area contributed by atoms with E-state index in [4.69, 9.17) is 4.74 Å². The van der Waals surface area contributed by atoms with Crippen LogP contribution >= 0.6 is 11.3 Å². The van der Waals surface area contributed by atoms with Crippen LogP contribution in [0.25, 0.3) is 6.08 Å². The average molecular weight is 472 g/mol. The van der Waals surface area contributed by atoms with Gasteiger partial charge >= 0.3 is 0 Å². The van der Waals surface area contributed by atoms with E-state index in [2.05, 4.69) is 15.0 Å². The summed E-state index contributed by atoms with van der Waals surface area (Å²) < 4.78 is 32.8. The maximum atomic E-state index is 12.3. The lowest BCUT2D eigenvalue weighted by Crippen LogP contribution is -2.30. The zero-order valence-corrected chi connectivity index (χ0v) is 19.7. The largest absolute Gasteiger partial charge is 0.487 e. The Morgan fingerprint density at radius 3 is 2.53 bits per heavy atom. The number of sulfonamides is 1. The van der Waals surface area contributed by atoms with Gasteiger partial charge in [-0.3, -0.25) is 4.79 Å². The molecule has 9 heteroatoms. The summed E-state index contributed by atoms with van der Waals surface area (Å²) in [5, 5.41) is 5.66. The first-order chi connectivity index (χ1) is 15.2. The van der Waals surface area contributed by atoms with E-state index >= 15 is 0 Å². The fraction of sp³-hybridized carbons (Fsp3) is 0.217. The lowest BCUT2D eigenvalue weighted by atomic mass is 10.2. The molecule has 0 radical (unpaired) electrons. The molecule has 0 aliphatic rings. The van der Waals surface area contributed by atoms with Crippen LogP contribution in [0.15, 0.2) is 64.9 Å². The highest BCUT2D eigenvalue weighted by molar-refractivity contribution is 7.89. The Kier molecular flexibility index (Phi) is 7.79. The molecule has 0 saturated carbocycles. The number of aryl methyl sites for hydroxylation is 1. The molecule has 32 heavy (non-hydrogen) atoms. The minimum atomic E-state index is -3.57. The lowest BCUT2D eigenvalue weighted by molar-refractivity contribution is -0.111. The number of para-hydroxylation sites is 1. The Labute approximate surface area is 192 Å². The summed E-state index contributed by atoms with van der Waals surface area (Å²) in [4.78, 5) is 16.8. The molecule has 0 unspecified atom stereocenters. The fourth-order valence-corrected chi connectivity index (χ4v) is 4.67. The number of nitrogens with zero attached hydrogens (tertiary/aromatic N) is 1. The van der Waals surface area contributed by atoms with Crippen molar-refractivity contribution in [3.63, 3.8) is 0 Å². The van der Waals surface area contributed by atoms with Gasteiger partial charge in [-0.05, 0) is 57.2 Å². The highest BCUT2D eigenvalue weighted by Crippen LogP contribution is 2.21. The summed E-state index contributed by atoms with van der Waals surface area (Å²) in [6.07, 6.45) is 3.07. The fourth-order valence-electron chi connectivity index (χ4n) is 2.82. The van der Waals surface area contributed by atoms with Crippen LogP contribution in [-0.4, -0.2) is 25.4 Å². The molecule has 0 bridgehead atoms. The van der Waals surface area contributed by atoms with E-state index in [1.807, 2.05) is 36.6 Å². The number of thiazole rings is 1. The number of hydrogen-bond donors (Lipinski definition) is 2. The van der Waals surface area contributed by atoms with E-state index in [1.165, 1.54) is 18.2 Å². The lowest BCUT2D eigenvalue weighted by Gasteiger charge is -2.10. The number of carbonyl (C=O) groups excluding carboxylic acids is 1. The van der Waals surface area contributed by atoms with Crippen LogP contribution < -0.4 is 14.8 Å². The summed E-state index contributed by atoms with van der Waals surface area (Å²) in [6.45, 7) is 5.80. The number of ether oxygens (including phenoxy) is 1. The van der Waals surface area contributed by atoms with Crippen LogP contribution in [-0.2, 0) is 21.4 Å². The molecule has 0 aliphatic heterocycles. The summed E-state index contributed by atoms with van der Waals surface area (Å²) in [6, 6.07) is 13.2. The van der Waals surface area contributed by atoms with Crippen molar-refractivity contribution in [2.45, 2.75) is 38.3 Å². The van der Waals surface area contributed by atoms with Gasteiger partial charge in [0.1, 0.15) is 12.4 Å². The van der Waals surface area contributed by atoms with E-state index in [1.54, 1.807) is 43.4 Å². The molecule has 0 saturated heterocycles. The Morgan fingerprint density at radius 2 is 1.88 bits per heavy atom. The molecule has 7 nitrogen and oxygen atoms in total.